The Morgan fingerprint density at radius 2 is 1.95 bits per heavy atom. The van der Waals surface area contributed by atoms with E-state index in [2.05, 4.69) is 4.90 Å². The summed E-state index contributed by atoms with van der Waals surface area (Å²) in [4.78, 5) is 14.5. The molecule has 0 spiro atoms. The zero-order valence-corrected chi connectivity index (χ0v) is 12.7. The SMILES string of the molecule is COCC1CCN(C(=O)C2CCCC(N)C2)CC1.Cl. The van der Waals surface area contributed by atoms with Crippen LogP contribution < -0.4 is 5.73 Å². The van der Waals surface area contributed by atoms with Gasteiger partial charge >= 0.3 is 0 Å². The molecule has 0 aromatic heterocycles. The maximum Gasteiger partial charge on any atom is 0.225 e. The van der Waals surface area contributed by atoms with Gasteiger partial charge in [0.2, 0.25) is 5.91 Å². The van der Waals surface area contributed by atoms with Crippen molar-refractivity contribution in [3.63, 3.8) is 0 Å². The zero-order valence-electron chi connectivity index (χ0n) is 11.8. The number of amides is 1. The molecule has 19 heavy (non-hydrogen) atoms. The molecular formula is C14H27ClN2O2. The van der Waals surface area contributed by atoms with E-state index >= 15 is 0 Å². The summed E-state index contributed by atoms with van der Waals surface area (Å²) in [6.07, 6.45) is 6.27. The van der Waals surface area contributed by atoms with Gasteiger partial charge in [-0.3, -0.25) is 4.79 Å². The Morgan fingerprint density at radius 3 is 2.53 bits per heavy atom. The van der Waals surface area contributed by atoms with Crippen LogP contribution in [0.2, 0.25) is 0 Å². The molecule has 0 aromatic carbocycles. The Balaban J connectivity index is 0.00000180. The molecule has 1 saturated heterocycles. The number of rotatable bonds is 3. The van der Waals surface area contributed by atoms with Crippen LogP contribution >= 0.6 is 12.4 Å². The first-order chi connectivity index (χ1) is 8.70. The summed E-state index contributed by atoms with van der Waals surface area (Å²) >= 11 is 0. The predicted molar refractivity (Wildman–Crippen MR) is 78.4 cm³/mol. The molecule has 2 aliphatic rings. The number of hydrogen-bond donors (Lipinski definition) is 1. The Bertz CT molecular complexity index is 281. The summed E-state index contributed by atoms with van der Waals surface area (Å²) in [6, 6.07) is 0.235. The van der Waals surface area contributed by atoms with Crippen LogP contribution in [0, 0.1) is 11.8 Å². The Labute approximate surface area is 122 Å². The van der Waals surface area contributed by atoms with Crippen molar-refractivity contribution < 1.29 is 9.53 Å². The number of likely N-dealkylation sites (tertiary alicyclic amines) is 1. The van der Waals surface area contributed by atoms with Crippen LogP contribution in [0.3, 0.4) is 0 Å². The Kier molecular flexibility index (Phi) is 7.11. The van der Waals surface area contributed by atoms with E-state index < -0.39 is 0 Å². The van der Waals surface area contributed by atoms with Crippen LogP contribution in [0.25, 0.3) is 0 Å². The largest absolute Gasteiger partial charge is 0.384 e. The van der Waals surface area contributed by atoms with Crippen LogP contribution in [0.15, 0.2) is 0 Å². The summed E-state index contributed by atoms with van der Waals surface area (Å²) < 4.78 is 5.19. The number of halogens is 1. The summed E-state index contributed by atoms with van der Waals surface area (Å²) in [7, 11) is 1.75. The number of carbonyl (C=O) groups excluding carboxylic acids is 1. The molecule has 0 aromatic rings. The van der Waals surface area contributed by atoms with Crippen molar-refractivity contribution >= 4 is 18.3 Å². The lowest BCUT2D eigenvalue weighted by Gasteiger charge is -2.36. The van der Waals surface area contributed by atoms with Gasteiger partial charge in [0.05, 0.1) is 0 Å². The van der Waals surface area contributed by atoms with Crippen LogP contribution in [0.4, 0.5) is 0 Å². The van der Waals surface area contributed by atoms with Crippen molar-refractivity contribution in [3.05, 3.63) is 0 Å². The van der Waals surface area contributed by atoms with E-state index in [1.807, 2.05) is 0 Å². The number of carbonyl (C=O) groups is 1. The molecule has 5 heteroatoms. The lowest BCUT2D eigenvalue weighted by molar-refractivity contribution is -0.138. The average molecular weight is 291 g/mol. The maximum atomic E-state index is 12.4. The first kappa shape index (κ1) is 16.7. The Hall–Kier alpha value is -0.320. The number of methoxy groups -OCH3 is 1. The first-order valence-electron chi connectivity index (χ1n) is 7.24. The highest BCUT2D eigenvalue weighted by Crippen LogP contribution is 2.27. The molecule has 2 unspecified atom stereocenters. The lowest BCUT2D eigenvalue weighted by atomic mass is 9.84. The second kappa shape index (κ2) is 8.08. The van der Waals surface area contributed by atoms with Crippen LogP contribution in [-0.2, 0) is 9.53 Å². The Morgan fingerprint density at radius 1 is 1.26 bits per heavy atom. The normalized spacial score (nSPS) is 28.8. The van der Waals surface area contributed by atoms with Crippen molar-refractivity contribution in [1.29, 1.82) is 0 Å². The summed E-state index contributed by atoms with van der Waals surface area (Å²) in [5.74, 6) is 1.17. The molecule has 112 valence electrons. The van der Waals surface area contributed by atoms with Gasteiger partial charge in [-0.1, -0.05) is 6.42 Å². The molecule has 2 N–H and O–H groups in total. The van der Waals surface area contributed by atoms with Gasteiger partial charge in [-0.2, -0.15) is 0 Å². The highest BCUT2D eigenvalue weighted by atomic mass is 35.5. The summed E-state index contributed by atoms with van der Waals surface area (Å²) in [5.41, 5.74) is 5.97. The van der Waals surface area contributed by atoms with E-state index in [0.717, 1.165) is 58.2 Å². The molecular weight excluding hydrogens is 264 g/mol. The quantitative estimate of drug-likeness (QED) is 0.862. The van der Waals surface area contributed by atoms with E-state index in [1.54, 1.807) is 7.11 Å². The van der Waals surface area contributed by atoms with Gasteiger partial charge < -0.3 is 15.4 Å². The standard InChI is InChI=1S/C14H26N2O2.ClH/c1-18-10-11-5-7-16(8-6-11)14(17)12-3-2-4-13(15)9-12;/h11-13H,2-10,15H2,1H3;1H. The second-order valence-electron chi connectivity index (χ2n) is 5.85. The highest BCUT2D eigenvalue weighted by molar-refractivity contribution is 5.85. The summed E-state index contributed by atoms with van der Waals surface area (Å²) in [6.45, 7) is 2.63. The molecule has 2 rings (SSSR count). The number of nitrogens with zero attached hydrogens (tertiary/aromatic N) is 1. The molecule has 2 fully saturated rings. The third kappa shape index (κ3) is 4.62. The first-order valence-corrected chi connectivity index (χ1v) is 7.24. The fourth-order valence-corrected chi connectivity index (χ4v) is 3.27. The van der Waals surface area contributed by atoms with Crippen molar-refractivity contribution in [2.45, 2.75) is 44.6 Å². The minimum absolute atomic E-state index is 0. The third-order valence-electron chi connectivity index (χ3n) is 4.39. The van der Waals surface area contributed by atoms with Crippen LogP contribution in [0.1, 0.15) is 38.5 Å². The molecule has 4 nitrogen and oxygen atoms in total. The van der Waals surface area contributed by atoms with Gasteiger partial charge in [0, 0.05) is 38.8 Å². The van der Waals surface area contributed by atoms with Crippen molar-refractivity contribution in [3.8, 4) is 0 Å². The minimum atomic E-state index is 0. The molecule has 1 amide bonds. The fourth-order valence-electron chi connectivity index (χ4n) is 3.27. The van der Waals surface area contributed by atoms with Gasteiger partial charge in [0.1, 0.15) is 0 Å². The topological polar surface area (TPSA) is 55.6 Å². The molecule has 2 atom stereocenters. The number of ether oxygens (including phenoxy) is 1. The number of hydrogen-bond acceptors (Lipinski definition) is 3. The van der Waals surface area contributed by atoms with Crippen LogP contribution in [-0.4, -0.2) is 43.7 Å². The van der Waals surface area contributed by atoms with Gasteiger partial charge in [0.25, 0.3) is 0 Å². The van der Waals surface area contributed by atoms with Gasteiger partial charge in [-0.15, -0.1) is 12.4 Å². The second-order valence-corrected chi connectivity index (χ2v) is 5.85. The third-order valence-corrected chi connectivity index (χ3v) is 4.39. The van der Waals surface area contributed by atoms with Crippen molar-refractivity contribution in [2.24, 2.45) is 17.6 Å². The maximum absolute atomic E-state index is 12.4. The molecule has 1 saturated carbocycles. The van der Waals surface area contributed by atoms with Gasteiger partial charge in [-0.25, -0.2) is 0 Å². The van der Waals surface area contributed by atoms with Crippen LogP contribution in [0.5, 0.6) is 0 Å². The van der Waals surface area contributed by atoms with E-state index in [4.69, 9.17) is 10.5 Å². The van der Waals surface area contributed by atoms with Gasteiger partial charge in [0.15, 0.2) is 0 Å². The predicted octanol–water partition coefficient (Wildman–Crippen LogP) is 1.81. The molecule has 1 aliphatic heterocycles. The molecule has 1 aliphatic carbocycles. The van der Waals surface area contributed by atoms with E-state index in [9.17, 15) is 4.79 Å². The highest BCUT2D eigenvalue weighted by Gasteiger charge is 2.31. The van der Waals surface area contributed by atoms with Crippen molar-refractivity contribution in [1.82, 2.24) is 4.90 Å². The molecule has 0 bridgehead atoms. The van der Waals surface area contributed by atoms with E-state index in [-0.39, 0.29) is 24.4 Å². The average Bonchev–Trinajstić information content (AvgIpc) is 2.39. The van der Waals surface area contributed by atoms with Gasteiger partial charge in [-0.05, 0) is 38.0 Å². The van der Waals surface area contributed by atoms with E-state index in [1.165, 1.54) is 0 Å². The minimum Gasteiger partial charge on any atom is -0.384 e. The lowest BCUT2D eigenvalue weighted by Crippen LogP contribution is -2.44. The monoisotopic (exact) mass is 290 g/mol. The molecule has 0 radical (unpaired) electrons. The van der Waals surface area contributed by atoms with E-state index in [0.29, 0.717) is 11.8 Å². The number of nitrogens with two attached hydrogens (primary N) is 1. The summed E-state index contributed by atoms with van der Waals surface area (Å²) in [5, 5.41) is 0. The smallest absolute Gasteiger partial charge is 0.225 e. The van der Waals surface area contributed by atoms with Crippen molar-refractivity contribution in [2.75, 3.05) is 26.8 Å². The number of piperidine rings is 1. The fraction of sp³-hybridized carbons (Fsp3) is 0.929. The molecule has 1 heterocycles. The zero-order chi connectivity index (χ0) is 13.0.